The van der Waals surface area contributed by atoms with Crippen LogP contribution >= 0.6 is 0 Å². The molecule has 3 heteroatoms. The van der Waals surface area contributed by atoms with Gasteiger partial charge in [0.1, 0.15) is 6.61 Å². The average Bonchev–Trinajstić information content (AvgIpc) is 2.89. The normalized spacial score (nSPS) is 16.5. The molecule has 0 spiro atoms. The summed E-state index contributed by atoms with van der Waals surface area (Å²) in [4.78, 5) is 0. The Kier molecular flexibility index (Phi) is 4.89. The lowest BCUT2D eigenvalue weighted by atomic mass is 9.88. The van der Waals surface area contributed by atoms with Gasteiger partial charge in [-0.25, -0.2) is 0 Å². The fourth-order valence-corrected chi connectivity index (χ4v) is 3.58. The number of phenols is 1. The number of aromatic hydroxyl groups is 1. The standard InChI is InChI=1S/C23H23NO2/c25-22-14-20-19(13-23(22)26-16-17-7-3-1-4-8-17)11-12-24-15-21(20)18-9-5-2-6-10-18/h1-10,13-14,21,24-25H,11-12,15-16H2. The van der Waals surface area contributed by atoms with E-state index in [1.165, 1.54) is 16.7 Å². The van der Waals surface area contributed by atoms with Gasteiger partial charge in [-0.3, -0.25) is 0 Å². The summed E-state index contributed by atoms with van der Waals surface area (Å²) >= 11 is 0. The Labute approximate surface area is 154 Å². The van der Waals surface area contributed by atoms with E-state index in [0.717, 1.165) is 25.1 Å². The Morgan fingerprint density at radius 1 is 0.962 bits per heavy atom. The van der Waals surface area contributed by atoms with Crippen LogP contribution in [0.15, 0.2) is 72.8 Å². The lowest BCUT2D eigenvalue weighted by molar-refractivity contribution is 0.288. The monoisotopic (exact) mass is 345 g/mol. The lowest BCUT2D eigenvalue weighted by Crippen LogP contribution is -2.20. The number of ether oxygens (including phenoxy) is 1. The van der Waals surface area contributed by atoms with Crippen LogP contribution in [0.3, 0.4) is 0 Å². The molecule has 1 aliphatic rings. The van der Waals surface area contributed by atoms with Gasteiger partial charge in [-0.15, -0.1) is 0 Å². The van der Waals surface area contributed by atoms with E-state index in [4.69, 9.17) is 4.74 Å². The summed E-state index contributed by atoms with van der Waals surface area (Å²) in [5.41, 5.74) is 4.78. The van der Waals surface area contributed by atoms with Crippen molar-refractivity contribution >= 4 is 0 Å². The van der Waals surface area contributed by atoms with Gasteiger partial charge in [0.05, 0.1) is 0 Å². The number of rotatable bonds is 4. The minimum atomic E-state index is 0.211. The maximum Gasteiger partial charge on any atom is 0.161 e. The fourth-order valence-electron chi connectivity index (χ4n) is 3.58. The van der Waals surface area contributed by atoms with Gasteiger partial charge >= 0.3 is 0 Å². The van der Waals surface area contributed by atoms with Gasteiger partial charge in [-0.2, -0.15) is 0 Å². The maximum absolute atomic E-state index is 10.6. The largest absolute Gasteiger partial charge is 0.504 e. The van der Waals surface area contributed by atoms with Crippen LogP contribution in [0.1, 0.15) is 28.2 Å². The molecule has 0 bridgehead atoms. The third kappa shape index (κ3) is 3.58. The number of hydrogen-bond donors (Lipinski definition) is 2. The Bertz CT molecular complexity index is 862. The molecule has 26 heavy (non-hydrogen) atoms. The topological polar surface area (TPSA) is 41.5 Å². The van der Waals surface area contributed by atoms with E-state index >= 15 is 0 Å². The van der Waals surface area contributed by atoms with Crippen LogP contribution in [0.2, 0.25) is 0 Å². The first-order valence-corrected chi connectivity index (χ1v) is 9.09. The Morgan fingerprint density at radius 2 is 1.69 bits per heavy atom. The molecule has 0 aromatic heterocycles. The predicted molar refractivity (Wildman–Crippen MR) is 104 cm³/mol. The zero-order valence-corrected chi connectivity index (χ0v) is 14.7. The van der Waals surface area contributed by atoms with E-state index in [9.17, 15) is 5.11 Å². The van der Waals surface area contributed by atoms with Gasteiger partial charge in [-0.05, 0) is 47.4 Å². The minimum absolute atomic E-state index is 0.211. The van der Waals surface area contributed by atoms with Crippen molar-refractivity contribution in [2.75, 3.05) is 13.1 Å². The van der Waals surface area contributed by atoms with Crippen LogP contribution < -0.4 is 10.1 Å². The van der Waals surface area contributed by atoms with E-state index < -0.39 is 0 Å². The predicted octanol–water partition coefficient (Wildman–Crippen LogP) is 4.25. The van der Waals surface area contributed by atoms with Gasteiger partial charge in [0, 0.05) is 12.5 Å². The second-order valence-electron chi connectivity index (χ2n) is 6.71. The first kappa shape index (κ1) is 16.7. The average molecular weight is 345 g/mol. The summed E-state index contributed by atoms with van der Waals surface area (Å²) in [7, 11) is 0. The molecule has 0 radical (unpaired) electrons. The van der Waals surface area contributed by atoms with Gasteiger partial charge in [-0.1, -0.05) is 60.7 Å². The third-order valence-electron chi connectivity index (χ3n) is 4.95. The Balaban J connectivity index is 1.63. The van der Waals surface area contributed by atoms with E-state index in [1.54, 1.807) is 0 Å². The van der Waals surface area contributed by atoms with Crippen molar-refractivity contribution in [3.63, 3.8) is 0 Å². The van der Waals surface area contributed by atoms with Gasteiger partial charge < -0.3 is 15.2 Å². The molecule has 1 aliphatic heterocycles. The molecular formula is C23H23NO2. The van der Waals surface area contributed by atoms with Crippen molar-refractivity contribution in [2.45, 2.75) is 18.9 Å². The van der Waals surface area contributed by atoms with Crippen molar-refractivity contribution in [1.29, 1.82) is 0 Å². The number of phenolic OH excluding ortho intramolecular Hbond substituents is 1. The second-order valence-corrected chi connectivity index (χ2v) is 6.71. The van der Waals surface area contributed by atoms with Crippen LogP contribution in [0, 0.1) is 0 Å². The van der Waals surface area contributed by atoms with Crippen molar-refractivity contribution in [1.82, 2.24) is 5.32 Å². The number of hydrogen-bond acceptors (Lipinski definition) is 3. The molecule has 132 valence electrons. The van der Waals surface area contributed by atoms with E-state index in [-0.39, 0.29) is 11.7 Å². The van der Waals surface area contributed by atoms with Gasteiger partial charge in [0.25, 0.3) is 0 Å². The van der Waals surface area contributed by atoms with Crippen LogP contribution in [0.5, 0.6) is 11.5 Å². The SMILES string of the molecule is Oc1cc2c(cc1OCc1ccccc1)CCNCC2c1ccccc1. The molecule has 2 N–H and O–H groups in total. The summed E-state index contributed by atoms with van der Waals surface area (Å²) in [6.07, 6.45) is 0.931. The molecule has 3 aromatic rings. The molecule has 1 atom stereocenters. The number of benzene rings is 3. The van der Waals surface area contributed by atoms with Crippen LogP contribution in [0.4, 0.5) is 0 Å². The molecule has 1 heterocycles. The molecule has 0 saturated carbocycles. The molecule has 3 aromatic carbocycles. The zero-order valence-electron chi connectivity index (χ0n) is 14.7. The van der Waals surface area contributed by atoms with Crippen molar-refractivity contribution in [2.24, 2.45) is 0 Å². The van der Waals surface area contributed by atoms with Crippen molar-refractivity contribution in [3.8, 4) is 11.5 Å². The Hall–Kier alpha value is -2.78. The smallest absolute Gasteiger partial charge is 0.161 e. The summed E-state index contributed by atoms with van der Waals surface area (Å²) in [5, 5.41) is 14.1. The molecular weight excluding hydrogens is 322 g/mol. The van der Waals surface area contributed by atoms with Gasteiger partial charge in [0.15, 0.2) is 11.5 Å². The van der Waals surface area contributed by atoms with Crippen molar-refractivity contribution < 1.29 is 9.84 Å². The fraction of sp³-hybridized carbons (Fsp3) is 0.217. The molecule has 1 unspecified atom stereocenters. The molecule has 0 saturated heterocycles. The highest BCUT2D eigenvalue weighted by atomic mass is 16.5. The summed E-state index contributed by atoms with van der Waals surface area (Å²) < 4.78 is 5.90. The molecule has 0 amide bonds. The zero-order chi connectivity index (χ0) is 17.8. The van der Waals surface area contributed by atoms with Gasteiger partial charge in [0.2, 0.25) is 0 Å². The highest BCUT2D eigenvalue weighted by Gasteiger charge is 2.22. The second kappa shape index (κ2) is 7.63. The Morgan fingerprint density at radius 3 is 2.46 bits per heavy atom. The molecule has 0 aliphatic carbocycles. The first-order valence-electron chi connectivity index (χ1n) is 9.09. The van der Waals surface area contributed by atoms with E-state index in [2.05, 4.69) is 29.6 Å². The van der Waals surface area contributed by atoms with Crippen LogP contribution in [-0.2, 0) is 13.0 Å². The summed E-state index contributed by atoms with van der Waals surface area (Å²) in [5.74, 6) is 1.01. The molecule has 3 nitrogen and oxygen atoms in total. The highest BCUT2D eigenvalue weighted by Crippen LogP contribution is 2.37. The molecule has 4 rings (SSSR count). The number of fused-ring (bicyclic) bond motifs is 1. The molecule has 0 fully saturated rings. The lowest BCUT2D eigenvalue weighted by Gasteiger charge is -2.20. The minimum Gasteiger partial charge on any atom is -0.504 e. The van der Waals surface area contributed by atoms with Crippen LogP contribution in [0.25, 0.3) is 0 Å². The highest BCUT2D eigenvalue weighted by molar-refractivity contribution is 5.51. The first-order chi connectivity index (χ1) is 12.8. The summed E-state index contributed by atoms with van der Waals surface area (Å²) in [6.45, 7) is 2.26. The van der Waals surface area contributed by atoms with Crippen LogP contribution in [-0.4, -0.2) is 18.2 Å². The maximum atomic E-state index is 10.6. The van der Waals surface area contributed by atoms with E-state index in [1.807, 2.05) is 48.5 Å². The van der Waals surface area contributed by atoms with E-state index in [0.29, 0.717) is 12.4 Å². The number of nitrogens with one attached hydrogen (secondary N) is 1. The van der Waals surface area contributed by atoms with Crippen molar-refractivity contribution in [3.05, 3.63) is 95.1 Å². The third-order valence-corrected chi connectivity index (χ3v) is 4.95. The summed E-state index contributed by atoms with van der Waals surface area (Å²) in [6, 6.07) is 24.4. The quantitative estimate of drug-likeness (QED) is 0.743.